The molecule has 3 aromatic carbocycles. The number of carbonyl (C=O) groups is 2. The van der Waals surface area contributed by atoms with Gasteiger partial charge in [-0.15, -0.1) is 0 Å². The fraction of sp³-hybridized carbons (Fsp3) is 0.233. The molecule has 1 aromatic heterocycles. The lowest BCUT2D eigenvalue weighted by Gasteiger charge is -2.19. The minimum atomic E-state index is -0.492. The lowest BCUT2D eigenvalue weighted by Crippen LogP contribution is -2.22. The van der Waals surface area contributed by atoms with Gasteiger partial charge in [-0.1, -0.05) is 56.6 Å². The van der Waals surface area contributed by atoms with Crippen molar-refractivity contribution < 1.29 is 23.5 Å². The van der Waals surface area contributed by atoms with Crippen LogP contribution in [0.5, 0.6) is 5.75 Å². The van der Waals surface area contributed by atoms with Crippen LogP contribution in [0.2, 0.25) is 5.02 Å². The van der Waals surface area contributed by atoms with Crippen LogP contribution in [-0.2, 0) is 14.9 Å². The highest BCUT2D eigenvalue weighted by molar-refractivity contribution is 6.31. The predicted molar refractivity (Wildman–Crippen MR) is 148 cm³/mol. The van der Waals surface area contributed by atoms with Crippen molar-refractivity contribution in [1.29, 1.82) is 0 Å². The van der Waals surface area contributed by atoms with Gasteiger partial charge < -0.3 is 19.2 Å². The Kier molecular flexibility index (Phi) is 7.88. The molecule has 8 heteroatoms. The maximum Gasteiger partial charge on any atom is 0.338 e. The van der Waals surface area contributed by atoms with E-state index < -0.39 is 23.9 Å². The fourth-order valence-corrected chi connectivity index (χ4v) is 4.00. The Morgan fingerprint density at radius 2 is 1.66 bits per heavy atom. The molecule has 0 bridgehead atoms. The molecule has 1 N–H and O–H groups in total. The smallest absolute Gasteiger partial charge is 0.338 e. The molecule has 0 radical (unpaired) electrons. The molecule has 7 nitrogen and oxygen atoms in total. The van der Waals surface area contributed by atoms with E-state index in [0.717, 1.165) is 5.56 Å². The van der Waals surface area contributed by atoms with Crippen LogP contribution in [-0.4, -0.2) is 25.1 Å². The molecule has 0 saturated heterocycles. The summed E-state index contributed by atoms with van der Waals surface area (Å²) in [4.78, 5) is 37.9. The third-order valence-corrected chi connectivity index (χ3v) is 6.09. The Labute approximate surface area is 225 Å². The van der Waals surface area contributed by atoms with Gasteiger partial charge in [-0.2, -0.15) is 0 Å². The van der Waals surface area contributed by atoms with Crippen molar-refractivity contribution in [3.8, 4) is 17.1 Å². The lowest BCUT2D eigenvalue weighted by atomic mass is 9.86. The zero-order valence-electron chi connectivity index (χ0n) is 21.6. The third-order valence-electron chi connectivity index (χ3n) is 5.85. The van der Waals surface area contributed by atoms with Crippen LogP contribution in [0.25, 0.3) is 22.3 Å². The maximum absolute atomic E-state index is 13.4. The van der Waals surface area contributed by atoms with E-state index in [0.29, 0.717) is 27.4 Å². The first-order chi connectivity index (χ1) is 18.1. The van der Waals surface area contributed by atoms with Crippen molar-refractivity contribution in [3.05, 3.63) is 93.1 Å². The summed E-state index contributed by atoms with van der Waals surface area (Å²) in [5, 5.41) is 3.31. The van der Waals surface area contributed by atoms with Crippen molar-refractivity contribution in [1.82, 2.24) is 0 Å². The summed E-state index contributed by atoms with van der Waals surface area (Å²) in [6, 6.07) is 18.7. The van der Waals surface area contributed by atoms with Crippen molar-refractivity contribution in [2.45, 2.75) is 33.1 Å². The Bertz CT molecular complexity index is 1530. The first-order valence-electron chi connectivity index (χ1n) is 12.1. The average molecular weight is 534 g/mol. The molecule has 0 unspecified atom stereocenters. The molecule has 1 amide bonds. The van der Waals surface area contributed by atoms with Gasteiger partial charge in [-0.25, -0.2) is 4.79 Å². The summed E-state index contributed by atoms with van der Waals surface area (Å²) < 4.78 is 16.8. The van der Waals surface area contributed by atoms with E-state index in [4.69, 9.17) is 25.5 Å². The standard InChI is InChI=1S/C30H28ClNO6/c1-5-36-29(35)19-8-13-22(14-9-19)32-25(33)17-37-28-26(34)23-16-21(31)12-15-24(23)38-27(28)18-6-10-20(11-7-18)30(2,3)4/h6-16H,5,17H2,1-4H3,(H,32,33). The van der Waals surface area contributed by atoms with Crippen molar-refractivity contribution in [2.75, 3.05) is 18.5 Å². The van der Waals surface area contributed by atoms with Crippen LogP contribution in [0, 0.1) is 0 Å². The van der Waals surface area contributed by atoms with E-state index in [1.165, 1.54) is 6.07 Å². The Morgan fingerprint density at radius 1 is 0.974 bits per heavy atom. The maximum atomic E-state index is 13.4. The second-order valence-electron chi connectivity index (χ2n) is 9.69. The van der Waals surface area contributed by atoms with Crippen molar-refractivity contribution >= 4 is 40.1 Å². The monoisotopic (exact) mass is 533 g/mol. The predicted octanol–water partition coefficient (Wildman–Crippen LogP) is 6.61. The van der Waals surface area contributed by atoms with Crippen molar-refractivity contribution in [2.24, 2.45) is 0 Å². The van der Waals surface area contributed by atoms with Gasteiger partial charge in [0, 0.05) is 16.3 Å². The van der Waals surface area contributed by atoms with Crippen LogP contribution < -0.4 is 15.5 Å². The third kappa shape index (κ3) is 6.06. The highest BCUT2D eigenvalue weighted by atomic mass is 35.5. The quantitative estimate of drug-likeness (QED) is 0.269. The fourth-order valence-electron chi connectivity index (χ4n) is 3.83. The molecular weight excluding hydrogens is 506 g/mol. The van der Waals surface area contributed by atoms with Gasteiger partial charge in [0.15, 0.2) is 12.4 Å². The van der Waals surface area contributed by atoms with Crippen LogP contribution in [0.1, 0.15) is 43.6 Å². The second-order valence-corrected chi connectivity index (χ2v) is 10.1. The number of esters is 1. The van der Waals surface area contributed by atoms with E-state index in [2.05, 4.69) is 26.1 Å². The van der Waals surface area contributed by atoms with Gasteiger partial charge in [-0.05, 0) is 60.4 Å². The highest BCUT2D eigenvalue weighted by Crippen LogP contribution is 2.33. The minimum absolute atomic E-state index is 0.0502. The van der Waals surface area contributed by atoms with E-state index >= 15 is 0 Å². The highest BCUT2D eigenvalue weighted by Gasteiger charge is 2.21. The van der Waals surface area contributed by atoms with Gasteiger partial charge >= 0.3 is 5.97 Å². The van der Waals surface area contributed by atoms with E-state index in [9.17, 15) is 14.4 Å². The molecule has 0 atom stereocenters. The molecule has 0 fully saturated rings. The van der Waals surface area contributed by atoms with Crippen LogP contribution in [0.3, 0.4) is 0 Å². The molecule has 0 aliphatic carbocycles. The van der Waals surface area contributed by atoms with Gasteiger partial charge in [0.25, 0.3) is 5.91 Å². The van der Waals surface area contributed by atoms with Gasteiger partial charge in [0.1, 0.15) is 5.58 Å². The summed E-state index contributed by atoms with van der Waals surface area (Å²) in [5.41, 5.74) is 2.45. The number of hydrogen-bond donors (Lipinski definition) is 1. The molecule has 0 aliphatic heterocycles. The first-order valence-corrected chi connectivity index (χ1v) is 12.5. The van der Waals surface area contributed by atoms with Crippen LogP contribution in [0.15, 0.2) is 75.9 Å². The molecule has 0 spiro atoms. The van der Waals surface area contributed by atoms with Gasteiger partial charge in [-0.3, -0.25) is 9.59 Å². The molecule has 38 heavy (non-hydrogen) atoms. The number of rotatable bonds is 7. The Balaban J connectivity index is 1.61. The summed E-state index contributed by atoms with van der Waals surface area (Å²) in [6.07, 6.45) is 0. The zero-order valence-corrected chi connectivity index (χ0v) is 22.3. The van der Waals surface area contributed by atoms with Crippen molar-refractivity contribution in [3.63, 3.8) is 0 Å². The number of fused-ring (bicyclic) bond motifs is 1. The molecule has 196 valence electrons. The summed E-state index contributed by atoms with van der Waals surface area (Å²) in [7, 11) is 0. The first kappa shape index (κ1) is 26.9. The molecule has 0 aliphatic rings. The lowest BCUT2D eigenvalue weighted by molar-refractivity contribution is -0.118. The zero-order chi connectivity index (χ0) is 27.4. The van der Waals surface area contributed by atoms with E-state index in [-0.39, 0.29) is 28.9 Å². The molecule has 0 saturated carbocycles. The number of anilines is 1. The summed E-state index contributed by atoms with van der Waals surface area (Å²) in [6.45, 7) is 7.89. The second kappa shape index (κ2) is 11.1. The number of benzene rings is 3. The normalized spacial score (nSPS) is 11.3. The minimum Gasteiger partial charge on any atom is -0.476 e. The van der Waals surface area contributed by atoms with Crippen LogP contribution in [0.4, 0.5) is 5.69 Å². The Morgan fingerprint density at radius 3 is 2.29 bits per heavy atom. The number of halogens is 1. The average Bonchev–Trinajstić information content (AvgIpc) is 2.88. The molecule has 4 aromatic rings. The van der Waals surface area contributed by atoms with Crippen LogP contribution >= 0.6 is 11.6 Å². The Hall–Kier alpha value is -4.10. The van der Waals surface area contributed by atoms with Gasteiger partial charge in [0.2, 0.25) is 11.2 Å². The number of amides is 1. The largest absolute Gasteiger partial charge is 0.476 e. The number of ether oxygens (including phenoxy) is 2. The van der Waals surface area contributed by atoms with E-state index in [1.807, 2.05) is 24.3 Å². The van der Waals surface area contributed by atoms with Gasteiger partial charge in [0.05, 0.1) is 17.6 Å². The summed E-state index contributed by atoms with van der Waals surface area (Å²) in [5.74, 6) is -0.804. The number of nitrogens with one attached hydrogen (secondary N) is 1. The number of carbonyl (C=O) groups excluding carboxylic acids is 2. The topological polar surface area (TPSA) is 94.8 Å². The molecular formula is C30H28ClNO6. The summed E-state index contributed by atoms with van der Waals surface area (Å²) >= 11 is 6.11. The number of hydrogen-bond acceptors (Lipinski definition) is 6. The molecule has 1 heterocycles. The van der Waals surface area contributed by atoms with E-state index in [1.54, 1.807) is 43.3 Å². The molecule has 4 rings (SSSR count). The SMILES string of the molecule is CCOC(=O)c1ccc(NC(=O)COc2c(-c3ccc(C(C)(C)C)cc3)oc3ccc(Cl)cc3c2=O)cc1.